The van der Waals surface area contributed by atoms with Gasteiger partial charge in [0.05, 0.1) is 86.7 Å². The first-order chi connectivity index (χ1) is 37.9. The van der Waals surface area contributed by atoms with Gasteiger partial charge in [0, 0.05) is 55.7 Å². The molecule has 14 N–H and O–H groups in total. The molecule has 0 aromatic heterocycles. The number of allylic oxidation sites excluding steroid dienone is 12. The number of rotatable bonds is 10. The van der Waals surface area contributed by atoms with Gasteiger partial charge in [-0.3, -0.25) is 19.2 Å². The van der Waals surface area contributed by atoms with E-state index in [0.717, 1.165) is 7.11 Å². The third-order valence-corrected chi connectivity index (χ3v) is 14.3. The minimum Gasteiger partial charge on any atom is -0.469 e. The van der Waals surface area contributed by atoms with Gasteiger partial charge in [-0.25, -0.2) is 0 Å². The Labute approximate surface area is 468 Å². The molecule has 0 radical (unpaired) electrons. The molecule has 21 nitrogen and oxygen atoms in total. The van der Waals surface area contributed by atoms with Crippen molar-refractivity contribution in [1.82, 2.24) is 0 Å². The van der Waals surface area contributed by atoms with Crippen LogP contribution in [-0.4, -0.2) is 179 Å². The number of cyclic esters (lactones) is 1. The highest BCUT2D eigenvalue weighted by Crippen LogP contribution is 2.39. The van der Waals surface area contributed by atoms with Crippen LogP contribution in [-0.2, 0) is 38.1 Å². The van der Waals surface area contributed by atoms with Gasteiger partial charge in [0.15, 0.2) is 17.9 Å². The van der Waals surface area contributed by atoms with Crippen LogP contribution in [0.25, 0.3) is 0 Å². The number of carbonyl (C=O) groups excluding carboxylic acids is 4. The zero-order valence-corrected chi connectivity index (χ0v) is 46.1. The number of anilines is 1. The Kier molecular flexibility index (Phi) is 28.4. The van der Waals surface area contributed by atoms with Crippen molar-refractivity contribution >= 4 is 29.2 Å². The number of ether oxygens (including phenoxy) is 5. The predicted molar refractivity (Wildman–Crippen MR) is 294 cm³/mol. The lowest BCUT2D eigenvalue weighted by Gasteiger charge is -2.45. The number of fused-ring (bicyclic) bond motifs is 2. The lowest BCUT2D eigenvalue weighted by atomic mass is 9.82. The summed E-state index contributed by atoms with van der Waals surface area (Å²) in [6.07, 6.45) is 2.76. The molecule has 3 heterocycles. The quantitative estimate of drug-likeness (QED) is 0.0909. The first kappa shape index (κ1) is 67.4. The molecule has 3 aliphatic heterocycles. The fourth-order valence-corrected chi connectivity index (χ4v) is 10.0. The van der Waals surface area contributed by atoms with Crippen molar-refractivity contribution in [2.75, 3.05) is 12.8 Å². The molecule has 2 saturated heterocycles. The number of hydrogen-bond acceptors (Lipinski definition) is 21. The van der Waals surface area contributed by atoms with E-state index < -0.39 is 160 Å². The van der Waals surface area contributed by atoms with Crippen LogP contribution in [0.1, 0.15) is 108 Å². The molecule has 4 rings (SSSR count). The summed E-state index contributed by atoms with van der Waals surface area (Å²) >= 11 is 0. The number of nitrogen functional groups attached to an aromatic ring is 1. The largest absolute Gasteiger partial charge is 0.469 e. The van der Waals surface area contributed by atoms with Gasteiger partial charge in [-0.15, -0.1) is 0 Å². The van der Waals surface area contributed by atoms with Crippen molar-refractivity contribution in [3.63, 3.8) is 0 Å². The number of aliphatic hydroxyl groups is 10. The fourth-order valence-electron chi connectivity index (χ4n) is 10.0. The Morgan fingerprint density at radius 1 is 0.713 bits per heavy atom. The number of benzene rings is 1. The summed E-state index contributed by atoms with van der Waals surface area (Å²) in [6, 6.07) is 5.24. The summed E-state index contributed by atoms with van der Waals surface area (Å²) in [4.78, 5) is 52.2. The summed E-state index contributed by atoms with van der Waals surface area (Å²) in [5.74, 6) is -6.91. The average molecular weight is 1130 g/mol. The summed E-state index contributed by atoms with van der Waals surface area (Å²) in [7, 11) is 1.11. The third-order valence-electron chi connectivity index (χ3n) is 14.3. The van der Waals surface area contributed by atoms with Crippen molar-refractivity contribution in [2.24, 2.45) is 23.5 Å². The van der Waals surface area contributed by atoms with Gasteiger partial charge in [0.1, 0.15) is 23.9 Å². The maximum Gasteiger partial charge on any atom is 0.313 e. The lowest BCUT2D eigenvalue weighted by Crippen LogP contribution is -2.61. The molecule has 0 unspecified atom stereocenters. The van der Waals surface area contributed by atoms with Crippen molar-refractivity contribution < 1.29 is 93.9 Å². The number of ketones is 2. The number of esters is 2. The minimum atomic E-state index is -2.29. The summed E-state index contributed by atoms with van der Waals surface area (Å²) < 4.78 is 28.9. The van der Waals surface area contributed by atoms with Crippen LogP contribution < -0.4 is 11.5 Å². The Morgan fingerprint density at radius 3 is 1.86 bits per heavy atom. The SMILES string of the molecule is COC(=O)[C@H]1[C@@H]2C[C@H](O[C@H]3O[C@@H](C)[C@H](O)[C@H](N)[C@@H]3O)C=CC=CC=CC=CC=CC=CC=C[C@@H](C)[C@H]([C@H](C)CC[C@H](O)CC(=O)c3ccc(N)cc3)OC(=O)C[C@H](O)CC(=O)C[C@@H](O)C[C@H](O)C[C@H](O)C[C@H](O)C[C@](O)(C[C@@H]1O)O2. The van der Waals surface area contributed by atoms with E-state index in [4.69, 9.17) is 35.2 Å². The predicted octanol–water partition coefficient (Wildman–Crippen LogP) is 2.37. The van der Waals surface area contributed by atoms with E-state index in [1.165, 1.54) is 0 Å². The minimum absolute atomic E-state index is 0.126. The number of carbonyl (C=O) groups is 4. The van der Waals surface area contributed by atoms with Crippen LogP contribution in [0.5, 0.6) is 0 Å². The number of nitrogens with two attached hydrogens (primary N) is 2. The molecule has 21 heteroatoms. The maximum absolute atomic E-state index is 13.3. The molecule has 2 bridgehead atoms. The van der Waals surface area contributed by atoms with E-state index in [2.05, 4.69) is 0 Å². The van der Waals surface area contributed by atoms with Crippen molar-refractivity contribution in [3.8, 4) is 0 Å². The highest BCUT2D eigenvalue weighted by atomic mass is 16.7. The third kappa shape index (κ3) is 23.0. The highest BCUT2D eigenvalue weighted by molar-refractivity contribution is 5.96. The van der Waals surface area contributed by atoms with Gasteiger partial charge in [-0.2, -0.15) is 0 Å². The van der Waals surface area contributed by atoms with Gasteiger partial charge in [-0.1, -0.05) is 98.9 Å². The zero-order valence-electron chi connectivity index (χ0n) is 46.1. The molecular formula is C59H86N2O19. The molecule has 3 aliphatic rings. The van der Waals surface area contributed by atoms with E-state index in [-0.39, 0.29) is 49.7 Å². The van der Waals surface area contributed by atoms with Crippen LogP contribution in [0.3, 0.4) is 0 Å². The van der Waals surface area contributed by atoms with E-state index >= 15 is 0 Å². The molecular weight excluding hydrogens is 1040 g/mol. The van der Waals surface area contributed by atoms with Crippen molar-refractivity contribution in [1.29, 1.82) is 0 Å². The van der Waals surface area contributed by atoms with Crippen LogP contribution in [0, 0.1) is 17.8 Å². The van der Waals surface area contributed by atoms with Crippen molar-refractivity contribution in [2.45, 2.75) is 195 Å². The smallest absolute Gasteiger partial charge is 0.313 e. The molecule has 446 valence electrons. The lowest BCUT2D eigenvalue weighted by molar-refractivity contribution is -0.308. The van der Waals surface area contributed by atoms with Crippen LogP contribution in [0.15, 0.2) is 109 Å². The molecule has 1 aromatic rings. The molecule has 0 amide bonds. The van der Waals surface area contributed by atoms with E-state index in [0.29, 0.717) is 17.7 Å². The molecule has 0 spiro atoms. The van der Waals surface area contributed by atoms with Crippen LogP contribution in [0.4, 0.5) is 5.69 Å². The summed E-state index contributed by atoms with van der Waals surface area (Å²) in [5, 5.41) is 109. The molecule has 80 heavy (non-hydrogen) atoms. The number of methoxy groups -OCH3 is 1. The standard InChI is InChI=1S/C59H86N2O19/c1-35-17-15-13-11-9-7-5-6-8-10-12-14-16-18-47(78-58-55(73)53(61)54(72)37(3)77-58)32-50-52(57(74)76-4)49(70)34-59(75,80-50)33-46(68)29-44(66)27-42(64)25-41(63)26-43(65)28-45(67)31-51(71)79-56(35)36(2)19-24-40(62)30-48(69)38-20-22-39(60)23-21-38/h5-18,20-23,35-37,40-42,44-47,49-50,52-56,58,62-64,66-68,70,72-73,75H,19,24-34,60-61H2,1-4H3/t35-,36-,37+,40+,41+,42+,44+,45-,46+,47-,49+,50+,52-,53+,54+,55+,56-,58-,59-/m1/s1. The van der Waals surface area contributed by atoms with E-state index in [1.54, 1.807) is 110 Å². The van der Waals surface area contributed by atoms with Gasteiger partial charge in [0.25, 0.3) is 0 Å². The van der Waals surface area contributed by atoms with Crippen LogP contribution >= 0.6 is 0 Å². The molecule has 0 saturated carbocycles. The molecule has 0 aliphatic carbocycles. The highest BCUT2D eigenvalue weighted by Gasteiger charge is 2.51. The monoisotopic (exact) mass is 1130 g/mol. The maximum atomic E-state index is 13.3. The van der Waals surface area contributed by atoms with E-state index in [9.17, 15) is 70.2 Å². The summed E-state index contributed by atoms with van der Waals surface area (Å²) in [6.45, 7) is 5.23. The van der Waals surface area contributed by atoms with Gasteiger partial charge in [0.2, 0.25) is 0 Å². The first-order valence-corrected chi connectivity index (χ1v) is 27.3. The Balaban J connectivity index is 1.55. The Morgan fingerprint density at radius 2 is 1.26 bits per heavy atom. The second-order valence-corrected chi connectivity index (χ2v) is 21.4. The zero-order chi connectivity index (χ0) is 59.1. The van der Waals surface area contributed by atoms with Gasteiger partial charge in [-0.05, 0) is 69.2 Å². The Hall–Kier alpha value is -5.08. The van der Waals surface area contributed by atoms with E-state index in [1.807, 2.05) is 19.9 Å². The number of Topliss-reactive ketones (excluding diaryl/α,β-unsaturated/α-hetero) is 2. The number of aliphatic hydroxyl groups excluding tert-OH is 9. The average Bonchev–Trinajstić information content (AvgIpc) is 3.51. The Bertz CT molecular complexity index is 2300. The molecule has 19 atom stereocenters. The molecule has 1 aromatic carbocycles. The molecule has 2 fully saturated rings. The van der Waals surface area contributed by atoms with Crippen LogP contribution in [0.2, 0.25) is 0 Å². The summed E-state index contributed by atoms with van der Waals surface area (Å²) in [5.41, 5.74) is 12.7. The van der Waals surface area contributed by atoms with Crippen molar-refractivity contribution in [3.05, 3.63) is 115 Å². The normalized spacial score (nSPS) is 35.2. The number of hydrogen-bond donors (Lipinski definition) is 12. The van der Waals surface area contributed by atoms with Gasteiger partial charge < -0.3 is 86.2 Å². The first-order valence-electron chi connectivity index (χ1n) is 27.3. The second kappa shape index (κ2) is 33.7. The fraction of sp³-hybridized carbons (Fsp3) is 0.593. The van der Waals surface area contributed by atoms with Gasteiger partial charge >= 0.3 is 11.9 Å². The topological polar surface area (TPSA) is 369 Å². The second-order valence-electron chi connectivity index (χ2n) is 21.4.